The number of carbonyl (C=O) groups is 10. The lowest BCUT2D eigenvalue weighted by atomic mass is 9.99. The van der Waals surface area contributed by atoms with Crippen LogP contribution in [0.3, 0.4) is 0 Å². The van der Waals surface area contributed by atoms with E-state index < -0.39 is 139 Å². The third-order valence-corrected chi connectivity index (χ3v) is 10.4. The molecule has 67 heavy (non-hydrogen) atoms. The number of nitrogens with one attached hydrogen (secondary N) is 7. The largest absolute Gasteiger partial charge is 0.481 e. The lowest BCUT2D eigenvalue weighted by molar-refractivity contribution is -0.144. The van der Waals surface area contributed by atoms with Crippen LogP contribution in [0.25, 0.3) is 0 Å². The number of hydrogen-bond acceptors (Lipinski definition) is 11. The highest BCUT2D eigenvalue weighted by Crippen LogP contribution is 2.12. The minimum atomic E-state index is -1.84. The maximum Gasteiger partial charge on any atom is 0.326 e. The van der Waals surface area contributed by atoms with E-state index in [1.807, 2.05) is 13.8 Å². The number of rotatable bonds is 28. The van der Waals surface area contributed by atoms with Gasteiger partial charge in [0.1, 0.15) is 42.3 Å². The van der Waals surface area contributed by atoms with E-state index in [-0.39, 0.29) is 18.8 Å². The van der Waals surface area contributed by atoms with Crippen molar-refractivity contribution in [3.63, 3.8) is 0 Å². The van der Waals surface area contributed by atoms with E-state index in [4.69, 9.17) is 5.73 Å². The van der Waals surface area contributed by atoms with Crippen LogP contribution in [-0.2, 0) is 60.8 Å². The molecule has 0 heterocycles. The molecule has 0 fully saturated rings. The van der Waals surface area contributed by atoms with E-state index in [1.165, 1.54) is 20.8 Å². The molecule has 7 amide bonds. The van der Waals surface area contributed by atoms with E-state index >= 15 is 0 Å². The standard InChI is InChI=1S/C46H66N8O13/c1-24(2)20-30(47)40(60)53-37(25(3)4)45(65)52-33(22-29-16-12-9-13-17-29)43(63)50-32(21-28-14-10-8-11-15-28)42(62)48-27(7)39(59)49-31(18-19-35(55)56)41(61)51-34(23-36(57)58)44(64)54-38(26(5)6)46(66)67/h8-17,24-27,30-34,37-38H,18-23,47H2,1-7H3,(H,48,62)(H,49,59)(H,50,63)(H,51,61)(H,52,65)(H,53,60)(H,54,64)(H,55,56)(H,57,58)(H,66,67)/t27-,30-,31-,32-,33-,34-,37-,38-/m0/s1. The van der Waals surface area contributed by atoms with Gasteiger partial charge in [-0.25, -0.2) is 4.79 Å². The summed E-state index contributed by atoms with van der Waals surface area (Å²) in [6.07, 6.45) is -1.99. The van der Waals surface area contributed by atoms with E-state index in [9.17, 15) is 63.3 Å². The Morgan fingerprint density at radius 2 is 0.896 bits per heavy atom. The molecule has 0 radical (unpaired) electrons. The van der Waals surface area contributed by atoms with Gasteiger partial charge in [-0.15, -0.1) is 0 Å². The van der Waals surface area contributed by atoms with Gasteiger partial charge < -0.3 is 58.3 Å². The van der Waals surface area contributed by atoms with Gasteiger partial charge in [-0.3, -0.25) is 43.2 Å². The third kappa shape index (κ3) is 20.0. The van der Waals surface area contributed by atoms with Crippen molar-refractivity contribution in [2.75, 3.05) is 0 Å². The topological polar surface area (TPSA) is 342 Å². The minimum Gasteiger partial charge on any atom is -0.481 e. The van der Waals surface area contributed by atoms with Gasteiger partial charge in [0.05, 0.1) is 12.5 Å². The summed E-state index contributed by atoms with van der Waals surface area (Å²) in [5.41, 5.74) is 7.34. The molecule has 12 N–H and O–H groups in total. The summed E-state index contributed by atoms with van der Waals surface area (Å²) in [5.74, 6) is -11.5. The highest BCUT2D eigenvalue weighted by molar-refractivity contribution is 5.98. The maximum absolute atomic E-state index is 14.2. The fourth-order valence-corrected chi connectivity index (χ4v) is 6.70. The summed E-state index contributed by atoms with van der Waals surface area (Å²) in [4.78, 5) is 130. The maximum atomic E-state index is 14.2. The molecule has 2 rings (SSSR count). The van der Waals surface area contributed by atoms with Gasteiger partial charge in [0.2, 0.25) is 41.4 Å². The molecule has 21 nitrogen and oxygen atoms in total. The molecule has 368 valence electrons. The molecule has 0 aromatic heterocycles. The lowest BCUT2D eigenvalue weighted by Crippen LogP contribution is -2.61. The van der Waals surface area contributed by atoms with Crippen molar-refractivity contribution in [1.29, 1.82) is 0 Å². The number of hydrogen-bond donors (Lipinski definition) is 11. The molecule has 0 unspecified atom stereocenters. The first-order valence-electron chi connectivity index (χ1n) is 22.0. The van der Waals surface area contributed by atoms with Crippen molar-refractivity contribution >= 4 is 59.3 Å². The van der Waals surface area contributed by atoms with Crippen LogP contribution in [0.2, 0.25) is 0 Å². The van der Waals surface area contributed by atoms with Gasteiger partial charge in [0, 0.05) is 19.3 Å². The van der Waals surface area contributed by atoms with Crippen LogP contribution in [0.15, 0.2) is 60.7 Å². The summed E-state index contributed by atoms with van der Waals surface area (Å²) in [6, 6.07) is 6.17. The summed E-state index contributed by atoms with van der Waals surface area (Å²) in [7, 11) is 0. The predicted octanol–water partition coefficient (Wildman–Crippen LogP) is -0.00520. The molecule has 2 aromatic carbocycles. The van der Waals surface area contributed by atoms with Gasteiger partial charge in [0.25, 0.3) is 0 Å². The predicted molar refractivity (Wildman–Crippen MR) is 243 cm³/mol. The molecule has 0 saturated carbocycles. The van der Waals surface area contributed by atoms with Gasteiger partial charge in [-0.05, 0) is 48.6 Å². The molecule has 21 heteroatoms. The van der Waals surface area contributed by atoms with E-state index in [0.717, 1.165) is 0 Å². The highest BCUT2D eigenvalue weighted by atomic mass is 16.4. The molecule has 8 atom stereocenters. The van der Waals surface area contributed by atoms with Crippen LogP contribution >= 0.6 is 0 Å². The normalized spacial score (nSPS) is 14.7. The SMILES string of the molecule is CC(C)C[C@H](N)C(=O)N[C@H](C(=O)N[C@@H](Cc1ccccc1)C(=O)N[C@@H](Cc1ccccc1)C(=O)N[C@@H](C)C(=O)N[C@@H](CCC(=O)O)C(=O)N[C@@H](CC(=O)O)C(=O)N[C@H](C(=O)O)C(C)C)C(C)C. The number of carboxylic acid groups (broad SMARTS) is 3. The van der Waals surface area contributed by atoms with Crippen LogP contribution in [0.1, 0.15) is 85.3 Å². The number of carbonyl (C=O) groups excluding carboxylic acids is 7. The fraction of sp³-hybridized carbons (Fsp3) is 0.522. The zero-order valence-electron chi connectivity index (χ0n) is 38.9. The van der Waals surface area contributed by atoms with Crippen LogP contribution in [0, 0.1) is 17.8 Å². The number of amides is 7. The van der Waals surface area contributed by atoms with Crippen LogP contribution in [0.5, 0.6) is 0 Å². The zero-order chi connectivity index (χ0) is 50.5. The van der Waals surface area contributed by atoms with Crippen molar-refractivity contribution in [2.45, 2.75) is 135 Å². The van der Waals surface area contributed by atoms with Crippen molar-refractivity contribution in [1.82, 2.24) is 37.2 Å². The number of carboxylic acids is 3. The molecular formula is C46H66N8O13. The average Bonchev–Trinajstić information content (AvgIpc) is 3.24. The Morgan fingerprint density at radius 3 is 1.34 bits per heavy atom. The Morgan fingerprint density at radius 1 is 0.478 bits per heavy atom. The average molecular weight is 939 g/mol. The van der Waals surface area contributed by atoms with Crippen molar-refractivity contribution < 1.29 is 63.3 Å². The molecule has 2 aromatic rings. The number of benzene rings is 2. The summed E-state index contributed by atoms with van der Waals surface area (Å²) in [6.45, 7) is 11.4. The Balaban J connectivity index is 2.40. The van der Waals surface area contributed by atoms with E-state index in [1.54, 1.807) is 74.5 Å². The summed E-state index contributed by atoms with van der Waals surface area (Å²) in [5, 5.41) is 45.6. The molecular weight excluding hydrogens is 873 g/mol. The monoisotopic (exact) mass is 938 g/mol. The van der Waals surface area contributed by atoms with E-state index in [2.05, 4.69) is 37.2 Å². The fourth-order valence-electron chi connectivity index (χ4n) is 6.70. The first-order valence-corrected chi connectivity index (χ1v) is 22.0. The molecule has 0 spiro atoms. The second-order valence-electron chi connectivity index (χ2n) is 17.4. The summed E-state index contributed by atoms with van der Waals surface area (Å²) < 4.78 is 0. The smallest absolute Gasteiger partial charge is 0.326 e. The van der Waals surface area contributed by atoms with Crippen molar-refractivity contribution in [3.05, 3.63) is 71.8 Å². The van der Waals surface area contributed by atoms with Gasteiger partial charge in [-0.2, -0.15) is 0 Å². The number of nitrogens with two attached hydrogens (primary N) is 1. The van der Waals surface area contributed by atoms with Crippen molar-refractivity contribution in [2.24, 2.45) is 23.5 Å². The lowest BCUT2D eigenvalue weighted by Gasteiger charge is -2.28. The van der Waals surface area contributed by atoms with Gasteiger partial charge in [0.15, 0.2) is 0 Å². The van der Waals surface area contributed by atoms with Gasteiger partial charge >= 0.3 is 17.9 Å². The summed E-state index contributed by atoms with van der Waals surface area (Å²) >= 11 is 0. The first-order chi connectivity index (χ1) is 31.4. The van der Waals surface area contributed by atoms with Crippen molar-refractivity contribution in [3.8, 4) is 0 Å². The highest BCUT2D eigenvalue weighted by Gasteiger charge is 2.35. The Hall–Kier alpha value is -6.90. The Kier molecular flexibility index (Phi) is 23.1. The second kappa shape index (κ2) is 27.5. The van der Waals surface area contributed by atoms with Crippen LogP contribution < -0.4 is 43.0 Å². The quantitative estimate of drug-likeness (QED) is 0.0535. The first kappa shape index (κ1) is 56.2. The molecule has 0 aliphatic heterocycles. The Labute approximate surface area is 389 Å². The Bertz CT molecular complexity index is 2030. The van der Waals surface area contributed by atoms with Crippen LogP contribution in [-0.4, -0.2) is 123 Å². The third-order valence-electron chi connectivity index (χ3n) is 10.4. The van der Waals surface area contributed by atoms with Crippen LogP contribution in [0.4, 0.5) is 0 Å². The number of aliphatic carboxylic acids is 3. The molecule has 0 aliphatic rings. The molecule has 0 bridgehead atoms. The van der Waals surface area contributed by atoms with E-state index in [0.29, 0.717) is 17.5 Å². The molecule has 0 aliphatic carbocycles. The zero-order valence-corrected chi connectivity index (χ0v) is 38.9. The second-order valence-corrected chi connectivity index (χ2v) is 17.4. The minimum absolute atomic E-state index is 0.0326. The van der Waals surface area contributed by atoms with Gasteiger partial charge in [-0.1, -0.05) is 102 Å². The molecule has 0 saturated heterocycles.